The number of nitrogens with one attached hydrogen (secondary N) is 1. The Morgan fingerprint density at radius 3 is 1.70 bits per heavy atom. The van der Waals surface area contributed by atoms with Crippen LogP contribution in [0.3, 0.4) is 0 Å². The molecule has 2 N–H and O–H groups in total. The van der Waals surface area contributed by atoms with Crippen molar-refractivity contribution >= 4 is 11.9 Å². The third-order valence-electron chi connectivity index (χ3n) is 4.27. The summed E-state index contributed by atoms with van der Waals surface area (Å²) in [6.07, 6.45) is 28.9. The summed E-state index contributed by atoms with van der Waals surface area (Å²) in [5, 5.41) is 11.8. The molecule has 0 bridgehead atoms. The number of hydrogen-bond donors (Lipinski definition) is 2. The van der Waals surface area contributed by atoms with Gasteiger partial charge in [0.25, 0.3) is 0 Å². The van der Waals surface area contributed by atoms with Crippen LogP contribution in [0.4, 0.5) is 0 Å². The van der Waals surface area contributed by atoms with Crippen LogP contribution in [0.25, 0.3) is 0 Å². The van der Waals surface area contributed by atoms with Crippen molar-refractivity contribution in [2.24, 2.45) is 5.92 Å². The third-order valence-corrected chi connectivity index (χ3v) is 4.27. The summed E-state index contributed by atoms with van der Waals surface area (Å²) in [4.78, 5) is 23.0. The number of carbonyl (C=O) groups is 2. The van der Waals surface area contributed by atoms with Gasteiger partial charge < -0.3 is 10.4 Å². The lowest BCUT2D eigenvalue weighted by atomic mass is 10.0. The van der Waals surface area contributed by atoms with Crippen LogP contribution in [0.15, 0.2) is 60.8 Å². The zero-order valence-electron chi connectivity index (χ0n) is 19.1. The molecule has 0 aromatic heterocycles. The van der Waals surface area contributed by atoms with Crippen molar-refractivity contribution < 1.29 is 14.7 Å². The molecule has 0 radical (unpaired) electrons. The van der Waals surface area contributed by atoms with Gasteiger partial charge in [-0.2, -0.15) is 0 Å². The van der Waals surface area contributed by atoms with Gasteiger partial charge in [-0.15, -0.1) is 0 Å². The molecule has 0 aliphatic carbocycles. The molecule has 0 saturated heterocycles. The van der Waals surface area contributed by atoms with Crippen LogP contribution in [0.2, 0.25) is 0 Å². The van der Waals surface area contributed by atoms with Crippen molar-refractivity contribution in [3.63, 3.8) is 0 Å². The second-order valence-corrected chi connectivity index (χ2v) is 7.69. The smallest absolute Gasteiger partial charge is 0.326 e. The monoisotopic (exact) mass is 415 g/mol. The standard InChI is InChI=1S/C26H41NO3/c1-4-5-6-7-8-9-10-11-12-13-14-15-16-17-18-19-20-21-25(28)27-24(26(29)30)22-23(2)3/h5-6,8-9,11-12,14-15,17-18,23-24H,4,7,10,13,16,19-22H2,1-3H3,(H,27,28)(H,29,30)/t24-/m0/s1. The zero-order valence-corrected chi connectivity index (χ0v) is 19.1. The normalized spacial score (nSPS) is 13.6. The molecule has 0 rings (SSSR count). The Labute approximate surface area is 183 Å². The topological polar surface area (TPSA) is 66.4 Å². The second-order valence-electron chi connectivity index (χ2n) is 7.69. The molecule has 0 fully saturated rings. The molecule has 30 heavy (non-hydrogen) atoms. The first-order valence-corrected chi connectivity index (χ1v) is 11.2. The van der Waals surface area contributed by atoms with Crippen LogP contribution in [0, 0.1) is 5.92 Å². The molecule has 0 aliphatic rings. The van der Waals surface area contributed by atoms with Crippen molar-refractivity contribution in [2.75, 3.05) is 0 Å². The molecule has 4 heteroatoms. The van der Waals surface area contributed by atoms with Gasteiger partial charge in [-0.05, 0) is 57.3 Å². The second kappa shape index (κ2) is 19.9. The fourth-order valence-electron chi connectivity index (χ4n) is 2.71. The number of rotatable bonds is 17. The summed E-state index contributed by atoms with van der Waals surface area (Å²) in [7, 11) is 0. The fraction of sp³-hybridized carbons (Fsp3) is 0.538. The molecule has 0 saturated carbocycles. The summed E-state index contributed by atoms with van der Waals surface area (Å²) in [6.45, 7) is 6.04. The minimum absolute atomic E-state index is 0.185. The van der Waals surface area contributed by atoms with Gasteiger partial charge in [0.1, 0.15) is 6.04 Å². The van der Waals surface area contributed by atoms with E-state index in [1.165, 1.54) is 0 Å². The van der Waals surface area contributed by atoms with E-state index in [1.807, 2.05) is 13.8 Å². The molecule has 0 aromatic carbocycles. The number of hydrogen-bond acceptors (Lipinski definition) is 2. The number of unbranched alkanes of at least 4 members (excludes halogenated alkanes) is 1. The summed E-state index contributed by atoms with van der Waals surface area (Å²) in [5.74, 6) is -0.919. The van der Waals surface area contributed by atoms with Crippen LogP contribution in [-0.2, 0) is 9.59 Å². The maximum absolute atomic E-state index is 11.9. The average molecular weight is 416 g/mol. The van der Waals surface area contributed by atoms with Crippen molar-refractivity contribution in [1.82, 2.24) is 5.32 Å². The van der Waals surface area contributed by atoms with Crippen LogP contribution >= 0.6 is 0 Å². The molecular weight excluding hydrogens is 374 g/mol. The lowest BCUT2D eigenvalue weighted by molar-refractivity contribution is -0.142. The molecule has 0 aliphatic heterocycles. The Bertz CT molecular complexity index is 597. The van der Waals surface area contributed by atoms with Gasteiger partial charge in [0.15, 0.2) is 0 Å². The molecule has 1 amide bonds. The van der Waals surface area contributed by atoms with Gasteiger partial charge in [0, 0.05) is 6.42 Å². The van der Waals surface area contributed by atoms with Gasteiger partial charge >= 0.3 is 5.97 Å². The lowest BCUT2D eigenvalue weighted by Crippen LogP contribution is -2.41. The first kappa shape index (κ1) is 27.6. The predicted octanol–water partition coefficient (Wildman–Crippen LogP) is 6.52. The largest absolute Gasteiger partial charge is 0.480 e. The number of carbonyl (C=O) groups excluding carboxylic acids is 1. The predicted molar refractivity (Wildman–Crippen MR) is 127 cm³/mol. The van der Waals surface area contributed by atoms with E-state index in [0.29, 0.717) is 12.8 Å². The van der Waals surface area contributed by atoms with E-state index < -0.39 is 12.0 Å². The van der Waals surface area contributed by atoms with E-state index in [4.69, 9.17) is 5.11 Å². The summed E-state index contributed by atoms with van der Waals surface area (Å²) >= 11 is 0. The van der Waals surface area contributed by atoms with Gasteiger partial charge in [-0.25, -0.2) is 4.79 Å². The molecule has 0 unspecified atom stereocenters. The highest BCUT2D eigenvalue weighted by Gasteiger charge is 2.20. The Kier molecular flexibility index (Phi) is 18.4. The number of amides is 1. The Morgan fingerprint density at radius 2 is 1.27 bits per heavy atom. The SMILES string of the molecule is CCC=CCC=CCC=CCC=CCC=CCCCC(=O)N[C@@H](CC(C)C)C(=O)O. The minimum Gasteiger partial charge on any atom is -0.480 e. The maximum Gasteiger partial charge on any atom is 0.326 e. The van der Waals surface area contributed by atoms with Crippen molar-refractivity contribution in [1.29, 1.82) is 0 Å². The quantitative estimate of drug-likeness (QED) is 0.210. The number of aliphatic carboxylic acids is 1. The van der Waals surface area contributed by atoms with Crippen molar-refractivity contribution in [3.05, 3.63) is 60.8 Å². The highest BCUT2D eigenvalue weighted by molar-refractivity contribution is 5.83. The van der Waals surface area contributed by atoms with Crippen LogP contribution in [-0.4, -0.2) is 23.0 Å². The molecule has 0 heterocycles. The Balaban J connectivity index is 3.76. The van der Waals surface area contributed by atoms with Crippen LogP contribution in [0.1, 0.15) is 78.6 Å². The molecule has 0 aromatic rings. The lowest BCUT2D eigenvalue weighted by Gasteiger charge is -2.16. The van der Waals surface area contributed by atoms with Crippen molar-refractivity contribution in [2.45, 2.75) is 84.6 Å². The highest BCUT2D eigenvalue weighted by atomic mass is 16.4. The summed E-state index contributed by atoms with van der Waals surface area (Å²) in [5.41, 5.74) is 0. The highest BCUT2D eigenvalue weighted by Crippen LogP contribution is 2.06. The number of allylic oxidation sites excluding steroid dienone is 10. The molecular formula is C26H41NO3. The van der Waals surface area contributed by atoms with Crippen molar-refractivity contribution in [3.8, 4) is 0 Å². The van der Waals surface area contributed by atoms with Gasteiger partial charge in [0.05, 0.1) is 0 Å². The van der Waals surface area contributed by atoms with E-state index in [9.17, 15) is 9.59 Å². The van der Waals surface area contributed by atoms with Gasteiger partial charge in [-0.1, -0.05) is 81.5 Å². The van der Waals surface area contributed by atoms with E-state index in [-0.39, 0.29) is 11.8 Å². The average Bonchev–Trinajstić information content (AvgIpc) is 2.69. The third kappa shape index (κ3) is 19.0. The molecule has 168 valence electrons. The number of carboxylic acid groups (broad SMARTS) is 1. The zero-order chi connectivity index (χ0) is 22.5. The van der Waals surface area contributed by atoms with E-state index in [2.05, 4.69) is 73.0 Å². The Hall–Kier alpha value is -2.36. The molecule has 4 nitrogen and oxygen atoms in total. The first-order valence-electron chi connectivity index (χ1n) is 11.2. The fourth-order valence-corrected chi connectivity index (χ4v) is 2.71. The van der Waals surface area contributed by atoms with E-state index in [0.717, 1.165) is 44.9 Å². The summed E-state index contributed by atoms with van der Waals surface area (Å²) in [6, 6.07) is -0.786. The van der Waals surface area contributed by atoms with Crippen LogP contribution < -0.4 is 5.32 Å². The number of carboxylic acids is 1. The first-order chi connectivity index (χ1) is 14.5. The van der Waals surface area contributed by atoms with Gasteiger partial charge in [-0.3, -0.25) is 4.79 Å². The van der Waals surface area contributed by atoms with E-state index in [1.54, 1.807) is 0 Å². The molecule has 0 spiro atoms. The van der Waals surface area contributed by atoms with Crippen LogP contribution in [0.5, 0.6) is 0 Å². The maximum atomic E-state index is 11.9. The summed E-state index contributed by atoms with van der Waals surface area (Å²) < 4.78 is 0. The Morgan fingerprint density at radius 1 is 0.800 bits per heavy atom. The van der Waals surface area contributed by atoms with E-state index >= 15 is 0 Å². The minimum atomic E-state index is -0.963. The van der Waals surface area contributed by atoms with Gasteiger partial charge in [0.2, 0.25) is 5.91 Å². The molecule has 1 atom stereocenters.